The van der Waals surface area contributed by atoms with Crippen LogP contribution in [0.5, 0.6) is 0 Å². The quantitative estimate of drug-likeness (QED) is 0.414. The number of furan rings is 1. The Hall–Kier alpha value is -2.03. The largest absolute Gasteiger partial charge is 0.467 e. The topological polar surface area (TPSA) is 69.9 Å². The van der Waals surface area contributed by atoms with Gasteiger partial charge in [0, 0.05) is 18.8 Å². The second kappa shape index (κ2) is 9.45. The number of fused-ring (bicyclic) bond motifs is 1. The van der Waals surface area contributed by atoms with Crippen LogP contribution in [0.3, 0.4) is 0 Å². The van der Waals surface area contributed by atoms with Gasteiger partial charge in [0.25, 0.3) is 0 Å². The van der Waals surface area contributed by atoms with Crippen LogP contribution in [0.15, 0.2) is 52.1 Å². The molecular formula is C18H23IN4O2. The lowest BCUT2D eigenvalue weighted by Gasteiger charge is -2.16. The lowest BCUT2D eigenvalue weighted by Crippen LogP contribution is -2.38. The van der Waals surface area contributed by atoms with Crippen molar-refractivity contribution >= 4 is 41.5 Å². The fourth-order valence-corrected chi connectivity index (χ4v) is 2.76. The Balaban J connectivity index is 0.00000225. The molecule has 134 valence electrons. The van der Waals surface area contributed by atoms with Crippen molar-refractivity contribution in [2.75, 3.05) is 24.5 Å². The van der Waals surface area contributed by atoms with Crippen LogP contribution in [-0.2, 0) is 17.8 Å². The number of hydrogen-bond donors (Lipinski definition) is 2. The third-order valence-electron chi connectivity index (χ3n) is 3.92. The van der Waals surface area contributed by atoms with Gasteiger partial charge in [-0.15, -0.1) is 24.0 Å². The van der Waals surface area contributed by atoms with E-state index >= 15 is 0 Å². The van der Waals surface area contributed by atoms with Crippen molar-refractivity contribution in [3.05, 3.63) is 54.0 Å². The molecule has 6 nitrogen and oxygen atoms in total. The van der Waals surface area contributed by atoms with Gasteiger partial charge in [-0.25, -0.2) is 4.99 Å². The molecule has 2 heterocycles. The van der Waals surface area contributed by atoms with E-state index in [-0.39, 0.29) is 36.4 Å². The van der Waals surface area contributed by atoms with Gasteiger partial charge in [-0.2, -0.15) is 0 Å². The number of para-hydroxylation sites is 1. The average Bonchev–Trinajstić information content (AvgIpc) is 3.26. The maximum atomic E-state index is 12.5. The first kappa shape index (κ1) is 19.3. The molecular weight excluding hydrogens is 431 g/mol. The summed E-state index contributed by atoms with van der Waals surface area (Å²) in [5, 5.41) is 6.30. The molecule has 3 rings (SSSR count). The first-order valence-corrected chi connectivity index (χ1v) is 8.20. The number of amides is 1. The molecule has 0 spiro atoms. The first-order chi connectivity index (χ1) is 11.8. The smallest absolute Gasteiger partial charge is 0.248 e. The highest BCUT2D eigenvalue weighted by molar-refractivity contribution is 14.0. The molecule has 1 aromatic heterocycles. The van der Waals surface area contributed by atoms with Gasteiger partial charge in [0.15, 0.2) is 5.96 Å². The molecule has 1 aliphatic heterocycles. The summed E-state index contributed by atoms with van der Waals surface area (Å²) in [6.45, 7) is 4.08. The van der Waals surface area contributed by atoms with Gasteiger partial charge in [-0.1, -0.05) is 18.2 Å². The number of nitrogens with one attached hydrogen (secondary N) is 2. The zero-order valence-corrected chi connectivity index (χ0v) is 16.5. The number of hydrogen-bond acceptors (Lipinski definition) is 3. The van der Waals surface area contributed by atoms with Gasteiger partial charge in [0.1, 0.15) is 12.3 Å². The molecule has 2 aromatic rings. The second-order valence-corrected chi connectivity index (χ2v) is 5.55. The minimum atomic E-state index is 0. The number of anilines is 1. The van der Waals surface area contributed by atoms with Crippen molar-refractivity contribution < 1.29 is 9.21 Å². The molecule has 0 unspecified atom stereocenters. The molecule has 0 saturated carbocycles. The minimum Gasteiger partial charge on any atom is -0.467 e. The summed E-state index contributed by atoms with van der Waals surface area (Å²) >= 11 is 0. The number of rotatable bonds is 5. The Labute approximate surface area is 164 Å². The maximum absolute atomic E-state index is 12.5. The maximum Gasteiger partial charge on any atom is 0.248 e. The number of carbonyl (C=O) groups is 1. The van der Waals surface area contributed by atoms with Crippen molar-refractivity contribution in [1.82, 2.24) is 10.6 Å². The zero-order chi connectivity index (χ0) is 16.8. The number of benzene rings is 1. The third kappa shape index (κ3) is 4.97. The van der Waals surface area contributed by atoms with Crippen LogP contribution >= 0.6 is 24.0 Å². The summed E-state index contributed by atoms with van der Waals surface area (Å²) in [7, 11) is 0. The zero-order valence-electron chi connectivity index (χ0n) is 14.2. The van der Waals surface area contributed by atoms with Crippen molar-refractivity contribution in [3.63, 3.8) is 0 Å². The van der Waals surface area contributed by atoms with Crippen molar-refractivity contribution in [3.8, 4) is 0 Å². The Morgan fingerprint density at radius 1 is 1.24 bits per heavy atom. The van der Waals surface area contributed by atoms with Crippen LogP contribution in [0.2, 0.25) is 0 Å². The fraction of sp³-hybridized carbons (Fsp3) is 0.333. The molecule has 7 heteroatoms. The van der Waals surface area contributed by atoms with Crippen LogP contribution in [-0.4, -0.2) is 31.5 Å². The van der Waals surface area contributed by atoms with E-state index in [9.17, 15) is 4.79 Å². The van der Waals surface area contributed by atoms with E-state index in [1.54, 1.807) is 6.26 Å². The average molecular weight is 454 g/mol. The lowest BCUT2D eigenvalue weighted by molar-refractivity contribution is -0.117. The van der Waals surface area contributed by atoms with E-state index < -0.39 is 0 Å². The Bertz CT molecular complexity index is 716. The highest BCUT2D eigenvalue weighted by Crippen LogP contribution is 2.27. The fourth-order valence-electron chi connectivity index (χ4n) is 2.76. The predicted molar refractivity (Wildman–Crippen MR) is 109 cm³/mol. The predicted octanol–water partition coefficient (Wildman–Crippen LogP) is 2.54. The van der Waals surface area contributed by atoms with Gasteiger partial charge in [0.2, 0.25) is 5.91 Å². The van der Waals surface area contributed by atoms with Crippen molar-refractivity contribution in [2.45, 2.75) is 19.9 Å². The monoisotopic (exact) mass is 454 g/mol. The van der Waals surface area contributed by atoms with Crippen LogP contribution in [0, 0.1) is 0 Å². The molecule has 0 fully saturated rings. The van der Waals surface area contributed by atoms with Gasteiger partial charge >= 0.3 is 0 Å². The van der Waals surface area contributed by atoms with E-state index in [0.29, 0.717) is 12.5 Å². The Morgan fingerprint density at radius 2 is 2.08 bits per heavy atom. The molecule has 1 amide bonds. The van der Waals surface area contributed by atoms with Gasteiger partial charge in [0.05, 0.1) is 12.8 Å². The minimum absolute atomic E-state index is 0. The van der Waals surface area contributed by atoms with Crippen LogP contribution in [0.25, 0.3) is 0 Å². The molecule has 0 atom stereocenters. The van der Waals surface area contributed by atoms with Crippen molar-refractivity contribution in [2.24, 2.45) is 4.99 Å². The summed E-state index contributed by atoms with van der Waals surface area (Å²) in [6, 6.07) is 11.8. The van der Waals surface area contributed by atoms with E-state index in [4.69, 9.17) is 4.42 Å². The van der Waals surface area contributed by atoms with Crippen molar-refractivity contribution in [1.29, 1.82) is 0 Å². The molecule has 0 radical (unpaired) electrons. The summed E-state index contributed by atoms with van der Waals surface area (Å²) in [5.74, 6) is 1.44. The Morgan fingerprint density at radius 3 is 2.84 bits per heavy atom. The summed E-state index contributed by atoms with van der Waals surface area (Å²) in [5.41, 5.74) is 2.23. The third-order valence-corrected chi connectivity index (χ3v) is 3.92. The van der Waals surface area contributed by atoms with E-state index in [0.717, 1.165) is 31.0 Å². The standard InChI is InChI=1S/C18H22N4O2.HI/c1-2-19-18(20-12-15-7-5-11-24-15)21-13-17(23)22-10-9-14-6-3-4-8-16(14)22;/h3-8,11H,2,9-10,12-13H2,1H3,(H2,19,20,21);1H. The van der Waals surface area contributed by atoms with Gasteiger partial charge in [-0.3, -0.25) is 4.79 Å². The normalized spacial score (nSPS) is 13.2. The molecule has 1 aromatic carbocycles. The van der Waals surface area contributed by atoms with E-state index in [1.807, 2.05) is 42.2 Å². The van der Waals surface area contributed by atoms with Gasteiger partial charge < -0.3 is 20.0 Å². The number of aliphatic imine (C=N–C) groups is 1. The SMILES string of the molecule is CCNC(=NCC(=O)N1CCc2ccccc21)NCc1ccco1.I. The Kier molecular flexibility index (Phi) is 7.30. The molecule has 25 heavy (non-hydrogen) atoms. The lowest BCUT2D eigenvalue weighted by atomic mass is 10.2. The van der Waals surface area contributed by atoms with Crippen LogP contribution in [0.1, 0.15) is 18.2 Å². The second-order valence-electron chi connectivity index (χ2n) is 5.55. The highest BCUT2D eigenvalue weighted by atomic mass is 127. The molecule has 0 bridgehead atoms. The number of guanidine groups is 1. The first-order valence-electron chi connectivity index (χ1n) is 8.20. The number of nitrogens with zero attached hydrogens (tertiary/aromatic N) is 2. The van der Waals surface area contributed by atoms with Gasteiger partial charge in [-0.05, 0) is 37.1 Å². The summed E-state index contributed by atoms with van der Waals surface area (Å²) in [6.07, 6.45) is 2.54. The molecule has 0 aliphatic carbocycles. The highest BCUT2D eigenvalue weighted by Gasteiger charge is 2.23. The molecule has 0 saturated heterocycles. The molecule has 2 N–H and O–H groups in total. The molecule has 1 aliphatic rings. The van der Waals surface area contributed by atoms with E-state index in [1.165, 1.54) is 5.56 Å². The number of carbonyl (C=O) groups excluding carboxylic acids is 1. The van der Waals surface area contributed by atoms with E-state index in [2.05, 4.69) is 21.7 Å². The van der Waals surface area contributed by atoms with Crippen LogP contribution in [0.4, 0.5) is 5.69 Å². The number of halogens is 1. The summed E-state index contributed by atoms with van der Waals surface area (Å²) in [4.78, 5) is 18.7. The summed E-state index contributed by atoms with van der Waals surface area (Å²) < 4.78 is 5.29. The van der Waals surface area contributed by atoms with Crippen LogP contribution < -0.4 is 15.5 Å².